The summed E-state index contributed by atoms with van der Waals surface area (Å²) in [5.41, 5.74) is 33.6. The molecular weight excluding hydrogens is 566 g/mol. The predicted molar refractivity (Wildman–Crippen MR) is 149 cm³/mol. The van der Waals surface area contributed by atoms with E-state index in [1.165, 1.54) is 0 Å². The van der Waals surface area contributed by atoms with Crippen LogP contribution in [0.3, 0.4) is 0 Å². The average Bonchev–Trinajstić information content (AvgIpc) is 2.97. The molecule has 22 heteroatoms. The lowest BCUT2D eigenvalue weighted by Crippen LogP contribution is -2.36. The molecule has 21 nitrogen and oxygen atoms in total. The van der Waals surface area contributed by atoms with E-state index in [1.54, 1.807) is 9.80 Å². The van der Waals surface area contributed by atoms with E-state index >= 15 is 0 Å². The summed E-state index contributed by atoms with van der Waals surface area (Å²) in [6, 6.07) is 0. The van der Waals surface area contributed by atoms with Crippen molar-refractivity contribution in [2.24, 2.45) is 20.5 Å². The summed E-state index contributed by atoms with van der Waals surface area (Å²) in [4.78, 5) is 27.5. The first kappa shape index (κ1) is 35.0. The lowest BCUT2D eigenvalue weighted by molar-refractivity contribution is 0.135. The van der Waals surface area contributed by atoms with Crippen molar-refractivity contribution >= 4 is 23.5 Å². The molecule has 0 unspecified atom stereocenters. The fourth-order valence-electron chi connectivity index (χ4n) is 2.94. The van der Waals surface area contributed by atoms with Gasteiger partial charge in [0.2, 0.25) is 17.2 Å². The maximum Gasteiger partial charge on any atom is 0.231 e. The third kappa shape index (κ3) is 18.0. The van der Waals surface area contributed by atoms with E-state index in [4.69, 9.17) is 52.7 Å². The monoisotopic (exact) mass is 597 g/mol. The number of rotatable bonds is 26. The van der Waals surface area contributed by atoms with Crippen LogP contribution in [0.5, 0.6) is 0 Å². The Morgan fingerprint density at radius 3 is 1.07 bits per heavy atom. The second-order valence-electron chi connectivity index (χ2n) is 7.45. The lowest BCUT2D eigenvalue weighted by Gasteiger charge is -2.26. The number of hydrogen-bond donors (Lipinski definition) is 0. The summed E-state index contributed by atoms with van der Waals surface area (Å²) >= 11 is 6.29. The first-order valence-corrected chi connectivity index (χ1v) is 12.8. The van der Waals surface area contributed by atoms with Gasteiger partial charge >= 0.3 is 0 Å². The first-order chi connectivity index (χ1) is 20.2. The second kappa shape index (κ2) is 25.0. The number of hydrogen-bond acceptors (Lipinski definition) is 13. The summed E-state index contributed by atoms with van der Waals surface area (Å²) < 4.78 is 22.1. The fourth-order valence-corrected chi connectivity index (χ4v) is 3.09. The quantitative estimate of drug-likeness (QED) is 0.0652. The minimum atomic E-state index is -0.0397. The molecule has 0 N–H and O–H groups in total. The number of azide groups is 4. The van der Waals surface area contributed by atoms with E-state index in [0.717, 1.165) is 0 Å². The van der Waals surface area contributed by atoms with Crippen LogP contribution in [0.15, 0.2) is 20.5 Å². The van der Waals surface area contributed by atoms with Gasteiger partial charge in [-0.2, -0.15) is 15.0 Å². The summed E-state index contributed by atoms with van der Waals surface area (Å²) in [7, 11) is 0. The number of halogens is 1. The van der Waals surface area contributed by atoms with Crippen LogP contribution in [0, 0.1) is 0 Å². The van der Waals surface area contributed by atoms with Crippen LogP contribution < -0.4 is 9.80 Å². The van der Waals surface area contributed by atoms with Crippen molar-refractivity contribution in [2.75, 3.05) is 115 Å². The smallest absolute Gasteiger partial charge is 0.231 e. The summed E-state index contributed by atoms with van der Waals surface area (Å²) in [5.74, 6) is 0.548. The SMILES string of the molecule is [N-]=[N+]=NCCOCCN(CCOCCN=[N+]=[N-])c1nc(Cl)nc(N(CCOCCN=[N+]=[N-])CCOCCN=[N+]=[N-])n1. The van der Waals surface area contributed by atoms with Gasteiger partial charge in [-0.3, -0.25) is 0 Å². The Labute approximate surface area is 240 Å². The molecule has 1 aromatic heterocycles. The van der Waals surface area contributed by atoms with Gasteiger partial charge in [-0.1, -0.05) is 20.5 Å². The summed E-state index contributed by atoms with van der Waals surface area (Å²) in [6.45, 7) is 4.35. The highest BCUT2D eigenvalue weighted by atomic mass is 35.5. The van der Waals surface area contributed by atoms with Gasteiger partial charge < -0.3 is 28.7 Å². The van der Waals surface area contributed by atoms with Crippen molar-refractivity contribution in [1.29, 1.82) is 0 Å². The van der Waals surface area contributed by atoms with Crippen molar-refractivity contribution in [3.05, 3.63) is 47.1 Å². The highest BCUT2D eigenvalue weighted by Crippen LogP contribution is 2.17. The first-order valence-electron chi connectivity index (χ1n) is 12.4. The minimum absolute atomic E-state index is 0.0397. The van der Waals surface area contributed by atoms with Gasteiger partial charge in [0, 0.05) is 72.0 Å². The Balaban J connectivity index is 2.99. The Hall–Kier alpha value is -4.02. The van der Waals surface area contributed by atoms with Crippen LogP contribution >= 0.6 is 11.6 Å². The Morgan fingerprint density at radius 1 is 0.512 bits per heavy atom. The van der Waals surface area contributed by atoms with Crippen LogP contribution in [0.25, 0.3) is 41.8 Å². The molecule has 0 spiro atoms. The number of nitrogens with zero attached hydrogens (tertiary/aromatic N) is 17. The number of anilines is 2. The van der Waals surface area contributed by atoms with Gasteiger partial charge in [0.15, 0.2) is 0 Å². The van der Waals surface area contributed by atoms with E-state index in [2.05, 4.69) is 55.1 Å². The van der Waals surface area contributed by atoms with Crippen LogP contribution in [0.4, 0.5) is 11.9 Å². The zero-order chi connectivity index (χ0) is 29.8. The average molecular weight is 598 g/mol. The topological polar surface area (TPSA) is 277 Å². The van der Waals surface area contributed by atoms with E-state index < -0.39 is 0 Å². The predicted octanol–water partition coefficient (Wildman–Crippen LogP) is 3.45. The highest BCUT2D eigenvalue weighted by molar-refractivity contribution is 6.28. The van der Waals surface area contributed by atoms with Crippen molar-refractivity contribution in [2.45, 2.75) is 0 Å². The molecule has 1 aromatic rings. The molecular formula is C19H32ClN17O4. The molecule has 0 aliphatic heterocycles. The third-order valence-corrected chi connectivity index (χ3v) is 4.94. The Morgan fingerprint density at radius 2 is 0.805 bits per heavy atom. The molecule has 0 saturated heterocycles. The Kier molecular flexibility index (Phi) is 21.3. The van der Waals surface area contributed by atoms with Crippen molar-refractivity contribution < 1.29 is 18.9 Å². The molecule has 0 atom stereocenters. The fraction of sp³-hybridized carbons (Fsp3) is 0.842. The standard InChI is InChI=1S/C19H32ClN17O4/c20-17-29-18(36(5-13-38-9-1-25-32-21)6-14-39-10-2-26-33-22)31-19(30-17)37(7-15-40-11-3-27-34-23)8-16-41-12-4-28-35-24/h1-16H2. The van der Waals surface area contributed by atoms with Crippen molar-refractivity contribution in [3.63, 3.8) is 0 Å². The van der Waals surface area contributed by atoms with Crippen molar-refractivity contribution in [3.8, 4) is 0 Å². The zero-order valence-corrected chi connectivity index (χ0v) is 23.2. The van der Waals surface area contributed by atoms with Gasteiger partial charge in [0.05, 0.1) is 52.9 Å². The molecule has 1 rings (SSSR count). The maximum atomic E-state index is 8.40. The van der Waals surface area contributed by atoms with Crippen LogP contribution in [-0.2, 0) is 18.9 Å². The van der Waals surface area contributed by atoms with Gasteiger partial charge in [0.1, 0.15) is 0 Å². The molecule has 0 amide bonds. The van der Waals surface area contributed by atoms with Gasteiger partial charge in [-0.15, -0.1) is 0 Å². The van der Waals surface area contributed by atoms with Crippen LogP contribution in [-0.4, -0.2) is 120 Å². The highest BCUT2D eigenvalue weighted by Gasteiger charge is 2.17. The molecule has 0 radical (unpaired) electrons. The molecule has 1 heterocycles. The zero-order valence-electron chi connectivity index (χ0n) is 22.4. The van der Waals surface area contributed by atoms with Crippen molar-refractivity contribution in [1.82, 2.24) is 15.0 Å². The molecule has 41 heavy (non-hydrogen) atoms. The number of aromatic nitrogens is 3. The summed E-state index contributed by atoms with van der Waals surface area (Å²) in [5, 5.41) is 13.7. The normalized spacial score (nSPS) is 10.1. The third-order valence-electron chi connectivity index (χ3n) is 4.77. The van der Waals surface area contributed by atoms with Crippen LogP contribution in [0.1, 0.15) is 0 Å². The minimum Gasteiger partial charge on any atom is -0.379 e. The second-order valence-corrected chi connectivity index (χ2v) is 7.78. The molecule has 0 fully saturated rings. The van der Waals surface area contributed by atoms with Crippen LogP contribution in [0.2, 0.25) is 5.28 Å². The molecule has 224 valence electrons. The van der Waals surface area contributed by atoms with Gasteiger partial charge in [-0.05, 0) is 33.7 Å². The van der Waals surface area contributed by atoms with Gasteiger partial charge in [-0.25, -0.2) is 0 Å². The van der Waals surface area contributed by atoms with E-state index in [9.17, 15) is 0 Å². The molecule has 0 saturated carbocycles. The molecule has 0 aliphatic rings. The number of ether oxygens (including phenoxy) is 4. The molecule has 0 aliphatic carbocycles. The van der Waals surface area contributed by atoms with E-state index in [1.807, 2.05) is 0 Å². The largest absolute Gasteiger partial charge is 0.379 e. The van der Waals surface area contributed by atoms with Gasteiger partial charge in [0.25, 0.3) is 0 Å². The lowest BCUT2D eigenvalue weighted by atomic mass is 10.5. The maximum absolute atomic E-state index is 8.40. The van der Waals surface area contributed by atoms with E-state index in [-0.39, 0.29) is 96.2 Å². The Bertz CT molecular complexity index is 924. The summed E-state index contributed by atoms with van der Waals surface area (Å²) in [6.07, 6.45) is 0. The molecule has 0 aromatic carbocycles. The molecule has 0 bridgehead atoms. The van der Waals surface area contributed by atoms with E-state index in [0.29, 0.717) is 26.2 Å².